The molecule has 0 radical (unpaired) electrons. The van der Waals surface area contributed by atoms with Crippen molar-refractivity contribution in [3.8, 4) is 0 Å². The van der Waals surface area contributed by atoms with Gasteiger partial charge in [0, 0.05) is 55.3 Å². The molecule has 38 heavy (non-hydrogen) atoms. The third-order valence-corrected chi connectivity index (χ3v) is 8.66. The molecule has 1 saturated carbocycles. The second-order valence-corrected chi connectivity index (χ2v) is 11.7. The van der Waals surface area contributed by atoms with Gasteiger partial charge in [0.15, 0.2) is 0 Å². The highest BCUT2D eigenvalue weighted by atomic mass is 32.2. The first kappa shape index (κ1) is 24.7. The van der Waals surface area contributed by atoms with E-state index in [1.54, 1.807) is 18.2 Å². The number of hydrogen-bond acceptors (Lipinski definition) is 6. The quantitative estimate of drug-likeness (QED) is 0.332. The van der Waals surface area contributed by atoms with Crippen LogP contribution in [0.2, 0.25) is 0 Å². The van der Waals surface area contributed by atoms with Gasteiger partial charge in [0.2, 0.25) is 10.0 Å². The molecule has 3 aliphatic rings. The number of carbonyl (C=O) groups excluding carboxylic acids is 1. The van der Waals surface area contributed by atoms with Crippen LogP contribution in [0.15, 0.2) is 77.7 Å². The van der Waals surface area contributed by atoms with E-state index >= 15 is 0 Å². The van der Waals surface area contributed by atoms with Gasteiger partial charge < -0.3 is 20.9 Å². The van der Waals surface area contributed by atoms with Gasteiger partial charge in [-0.15, -0.1) is 0 Å². The molecular weight excluding hydrogens is 498 g/mol. The highest BCUT2D eigenvalue weighted by molar-refractivity contribution is 7.89. The van der Waals surface area contributed by atoms with Gasteiger partial charge in [-0.3, -0.25) is 4.79 Å². The van der Waals surface area contributed by atoms with Crippen LogP contribution in [0.25, 0.3) is 11.3 Å². The zero-order valence-electron chi connectivity index (χ0n) is 21.0. The van der Waals surface area contributed by atoms with E-state index in [1.165, 1.54) is 0 Å². The number of rotatable bonds is 8. The molecule has 0 bridgehead atoms. The Hall–Kier alpha value is -3.66. The fraction of sp³-hybridized carbons (Fsp3) is 0.276. The predicted octanol–water partition coefficient (Wildman–Crippen LogP) is 3.72. The number of hydrogen-bond donors (Lipinski definition) is 4. The highest BCUT2D eigenvalue weighted by Crippen LogP contribution is 2.39. The van der Waals surface area contributed by atoms with Crippen LogP contribution in [-0.4, -0.2) is 47.0 Å². The van der Waals surface area contributed by atoms with E-state index in [2.05, 4.69) is 37.7 Å². The largest absolute Gasteiger partial charge is 0.369 e. The van der Waals surface area contributed by atoms with E-state index in [0.717, 1.165) is 56.0 Å². The molecule has 3 aromatic carbocycles. The summed E-state index contributed by atoms with van der Waals surface area (Å²) in [7, 11) is -3.68. The molecule has 2 heterocycles. The van der Waals surface area contributed by atoms with Crippen molar-refractivity contribution in [2.45, 2.75) is 17.7 Å². The Labute approximate surface area is 223 Å². The van der Waals surface area contributed by atoms with Gasteiger partial charge >= 0.3 is 0 Å². The van der Waals surface area contributed by atoms with Gasteiger partial charge in [0.1, 0.15) is 0 Å². The van der Waals surface area contributed by atoms with E-state index < -0.39 is 10.0 Å². The number of carbonyl (C=O) groups is 1. The van der Waals surface area contributed by atoms with Crippen LogP contribution in [-0.2, 0) is 14.8 Å². The lowest BCUT2D eigenvalue weighted by atomic mass is 10.00. The minimum absolute atomic E-state index is 0.152. The summed E-state index contributed by atoms with van der Waals surface area (Å²) in [6.07, 6.45) is 2.11. The number of anilines is 3. The van der Waals surface area contributed by atoms with Gasteiger partial charge in [0.05, 0.1) is 16.2 Å². The molecule has 3 aromatic rings. The molecule has 0 spiro atoms. The highest BCUT2D eigenvalue weighted by Gasteiger charge is 2.31. The number of amides is 1. The summed E-state index contributed by atoms with van der Waals surface area (Å²) in [5.41, 5.74) is 5.02. The number of nitrogens with one attached hydrogen (secondary N) is 4. The zero-order valence-corrected chi connectivity index (χ0v) is 21.9. The maximum Gasteiger partial charge on any atom is 0.258 e. The van der Waals surface area contributed by atoms with Gasteiger partial charge in [-0.05, 0) is 66.8 Å². The topological polar surface area (TPSA) is 103 Å². The minimum Gasteiger partial charge on any atom is -0.369 e. The molecule has 4 N–H and O–H groups in total. The van der Waals surface area contributed by atoms with Crippen molar-refractivity contribution in [2.75, 3.05) is 48.3 Å². The lowest BCUT2D eigenvalue weighted by Crippen LogP contribution is -2.43. The Morgan fingerprint density at radius 2 is 1.68 bits per heavy atom. The van der Waals surface area contributed by atoms with Crippen LogP contribution in [0.4, 0.5) is 17.1 Å². The molecule has 6 rings (SSSR count). The van der Waals surface area contributed by atoms with Crippen LogP contribution < -0.4 is 25.6 Å². The smallest absolute Gasteiger partial charge is 0.258 e. The second-order valence-electron chi connectivity index (χ2n) is 9.98. The summed E-state index contributed by atoms with van der Waals surface area (Å²) in [6, 6.07) is 22.6. The summed E-state index contributed by atoms with van der Waals surface area (Å²) < 4.78 is 28.7. The molecule has 0 unspecified atom stereocenters. The molecule has 9 heteroatoms. The van der Waals surface area contributed by atoms with Crippen molar-refractivity contribution < 1.29 is 13.2 Å². The molecular formula is C29H31N5O3S. The number of benzene rings is 3. The van der Waals surface area contributed by atoms with Crippen LogP contribution in [0.5, 0.6) is 0 Å². The lowest BCUT2D eigenvalue weighted by molar-refractivity contribution is -0.110. The number of piperazine rings is 1. The van der Waals surface area contributed by atoms with Crippen molar-refractivity contribution in [1.29, 1.82) is 0 Å². The lowest BCUT2D eigenvalue weighted by Gasteiger charge is -2.29. The van der Waals surface area contributed by atoms with Gasteiger partial charge in [-0.25, -0.2) is 13.1 Å². The van der Waals surface area contributed by atoms with Crippen LogP contribution in [0, 0.1) is 5.92 Å². The minimum atomic E-state index is -3.68. The Morgan fingerprint density at radius 3 is 2.39 bits per heavy atom. The zero-order chi connectivity index (χ0) is 26.1. The first-order valence-corrected chi connectivity index (χ1v) is 14.5. The molecule has 1 amide bonds. The summed E-state index contributed by atoms with van der Waals surface area (Å²) in [5, 5.41) is 9.75. The third-order valence-electron chi connectivity index (χ3n) is 7.24. The van der Waals surface area contributed by atoms with E-state index in [4.69, 9.17) is 0 Å². The van der Waals surface area contributed by atoms with E-state index in [1.807, 2.05) is 42.5 Å². The van der Waals surface area contributed by atoms with Crippen molar-refractivity contribution in [3.05, 3.63) is 83.9 Å². The third kappa shape index (κ3) is 5.18. The molecule has 2 aliphatic heterocycles. The maximum atomic E-state index is 13.3. The fourth-order valence-electron chi connectivity index (χ4n) is 4.90. The molecule has 0 aromatic heterocycles. The summed E-state index contributed by atoms with van der Waals surface area (Å²) in [5.74, 6) is 0.147. The van der Waals surface area contributed by atoms with Crippen LogP contribution in [0.1, 0.15) is 24.0 Å². The van der Waals surface area contributed by atoms with E-state index in [0.29, 0.717) is 35.0 Å². The summed E-state index contributed by atoms with van der Waals surface area (Å²) in [4.78, 5) is 15.8. The summed E-state index contributed by atoms with van der Waals surface area (Å²) >= 11 is 0. The van der Waals surface area contributed by atoms with E-state index in [-0.39, 0.29) is 10.8 Å². The van der Waals surface area contributed by atoms with Crippen molar-refractivity contribution in [3.63, 3.8) is 0 Å². The first-order valence-electron chi connectivity index (χ1n) is 13.1. The van der Waals surface area contributed by atoms with Crippen molar-refractivity contribution in [1.82, 2.24) is 10.0 Å². The second kappa shape index (κ2) is 10.2. The number of nitrogens with zero attached hydrogens (tertiary/aromatic N) is 1. The number of sulfonamides is 1. The molecule has 0 atom stereocenters. The van der Waals surface area contributed by atoms with Crippen LogP contribution >= 0.6 is 0 Å². The number of fused-ring (bicyclic) bond motifs is 1. The first-order chi connectivity index (χ1) is 18.5. The fourth-order valence-corrected chi connectivity index (χ4v) is 6.04. The maximum absolute atomic E-state index is 13.3. The Morgan fingerprint density at radius 1 is 0.947 bits per heavy atom. The average Bonchev–Trinajstić information content (AvgIpc) is 3.73. The molecule has 2 fully saturated rings. The average molecular weight is 530 g/mol. The van der Waals surface area contributed by atoms with Crippen LogP contribution in [0.3, 0.4) is 0 Å². The normalized spacial score (nSPS) is 18.6. The van der Waals surface area contributed by atoms with Gasteiger partial charge in [-0.2, -0.15) is 0 Å². The Bertz CT molecular complexity index is 1480. The Kier molecular flexibility index (Phi) is 6.65. The van der Waals surface area contributed by atoms with Crippen molar-refractivity contribution in [2.24, 2.45) is 5.92 Å². The SMILES string of the molecule is O=C1Nc2ccc(S(=O)(=O)NCC3CC3)cc2/C1=C(/Nc1ccc(N2CCNCC2)cc1)c1ccccc1. The van der Waals surface area contributed by atoms with Crippen molar-refractivity contribution >= 4 is 44.3 Å². The molecule has 1 aliphatic carbocycles. The predicted molar refractivity (Wildman–Crippen MR) is 151 cm³/mol. The van der Waals surface area contributed by atoms with Gasteiger partial charge in [-0.1, -0.05) is 30.3 Å². The summed E-state index contributed by atoms with van der Waals surface area (Å²) in [6.45, 7) is 4.30. The molecule has 8 nitrogen and oxygen atoms in total. The van der Waals surface area contributed by atoms with E-state index in [9.17, 15) is 13.2 Å². The standard InChI is InChI=1S/C29H31N5O3S/c35-29-27(25-18-24(12-13-26(25)33-29)38(36,37)31-19-20-6-7-20)28(21-4-2-1-3-5-21)32-22-8-10-23(11-9-22)34-16-14-30-15-17-34/h1-5,8-13,18,20,30-32H,6-7,14-17,19H2,(H,33,35)/b28-27-. The Balaban J connectivity index is 1.37. The molecule has 196 valence electrons. The van der Waals surface area contributed by atoms with Gasteiger partial charge in [0.25, 0.3) is 5.91 Å². The molecule has 1 saturated heterocycles. The monoisotopic (exact) mass is 529 g/mol.